The van der Waals surface area contributed by atoms with Crippen LogP contribution in [0.25, 0.3) is 0 Å². The van der Waals surface area contributed by atoms with E-state index in [4.69, 9.17) is 0 Å². The Hall–Kier alpha value is -3.65. The molecule has 0 aliphatic rings. The molecule has 7 nitrogen and oxygen atoms in total. The average Bonchev–Trinajstić information content (AvgIpc) is 2.97. The third-order valence-electron chi connectivity index (χ3n) is 6.67. The van der Waals surface area contributed by atoms with Gasteiger partial charge in [-0.05, 0) is 55.0 Å². The van der Waals surface area contributed by atoms with Gasteiger partial charge in [0, 0.05) is 13.1 Å². The van der Waals surface area contributed by atoms with Crippen molar-refractivity contribution in [2.75, 3.05) is 23.9 Å². The maximum absolute atomic E-state index is 14.0. The summed E-state index contributed by atoms with van der Waals surface area (Å²) in [7, 11) is -4.06. The first kappa shape index (κ1) is 29.9. The fourth-order valence-corrected chi connectivity index (χ4v) is 6.02. The van der Waals surface area contributed by atoms with Crippen molar-refractivity contribution in [3.63, 3.8) is 0 Å². The van der Waals surface area contributed by atoms with E-state index in [1.54, 1.807) is 35.2 Å². The van der Waals surface area contributed by atoms with Crippen LogP contribution in [-0.2, 0) is 32.5 Å². The van der Waals surface area contributed by atoms with Crippen molar-refractivity contribution >= 4 is 27.5 Å². The molecule has 0 aromatic heterocycles. The number of carbonyl (C=O) groups is 2. The van der Waals surface area contributed by atoms with Gasteiger partial charge in [-0.15, -0.1) is 0 Å². The molecule has 1 N–H and O–H groups in total. The van der Waals surface area contributed by atoms with Crippen molar-refractivity contribution in [3.8, 4) is 0 Å². The first-order valence-corrected chi connectivity index (χ1v) is 15.0. The Kier molecular flexibility index (Phi) is 11.1. The Balaban J connectivity index is 2.02. The molecule has 0 radical (unpaired) electrons. The molecule has 0 saturated heterocycles. The highest BCUT2D eigenvalue weighted by Gasteiger charge is 2.33. The Bertz CT molecular complexity index is 1310. The standard InChI is InChI=1S/C31H39N3O4S/c1-4-22-32-31(36)28(6-3)33(23-21-25-15-9-7-10-16-25)30(35)24-34(29-20-14-13-17-26(29)5-2)39(37,38)27-18-11-8-12-19-27/h7-20,28H,4-6,21-24H2,1-3H3,(H,32,36)/t28-/m1/s1. The second-order valence-electron chi connectivity index (χ2n) is 9.34. The van der Waals surface area contributed by atoms with Gasteiger partial charge in [-0.2, -0.15) is 0 Å². The van der Waals surface area contributed by atoms with Gasteiger partial charge in [-0.3, -0.25) is 13.9 Å². The summed E-state index contributed by atoms with van der Waals surface area (Å²) in [5.41, 5.74) is 2.31. The summed E-state index contributed by atoms with van der Waals surface area (Å²) in [6.07, 6.45) is 2.32. The SMILES string of the molecule is CCCNC(=O)[C@@H](CC)N(CCc1ccccc1)C(=O)CN(c1ccccc1CC)S(=O)(=O)c1ccccc1. The van der Waals surface area contributed by atoms with Crippen LogP contribution in [0, 0.1) is 0 Å². The third kappa shape index (κ3) is 7.69. The topological polar surface area (TPSA) is 86.8 Å². The summed E-state index contributed by atoms with van der Waals surface area (Å²) in [5, 5.41) is 2.91. The zero-order chi connectivity index (χ0) is 28.3. The first-order chi connectivity index (χ1) is 18.8. The second kappa shape index (κ2) is 14.5. The maximum atomic E-state index is 14.0. The van der Waals surface area contributed by atoms with Crippen LogP contribution in [0.2, 0.25) is 0 Å². The van der Waals surface area contributed by atoms with Gasteiger partial charge in [0.15, 0.2) is 0 Å². The number of nitrogens with one attached hydrogen (secondary N) is 1. The highest BCUT2D eigenvalue weighted by molar-refractivity contribution is 7.92. The molecular formula is C31H39N3O4S. The van der Waals surface area contributed by atoms with Crippen LogP contribution < -0.4 is 9.62 Å². The number of para-hydroxylation sites is 1. The van der Waals surface area contributed by atoms with Gasteiger partial charge in [0.2, 0.25) is 11.8 Å². The fourth-order valence-electron chi connectivity index (χ4n) is 4.55. The van der Waals surface area contributed by atoms with E-state index in [-0.39, 0.29) is 17.3 Å². The Morgan fingerprint density at radius 2 is 1.46 bits per heavy atom. The number of aryl methyl sites for hydroxylation is 1. The summed E-state index contributed by atoms with van der Waals surface area (Å²) >= 11 is 0. The fraction of sp³-hybridized carbons (Fsp3) is 0.355. The smallest absolute Gasteiger partial charge is 0.264 e. The van der Waals surface area contributed by atoms with Crippen molar-refractivity contribution in [2.24, 2.45) is 0 Å². The predicted octanol–water partition coefficient (Wildman–Crippen LogP) is 4.82. The minimum absolute atomic E-state index is 0.104. The lowest BCUT2D eigenvalue weighted by atomic mass is 10.1. The van der Waals surface area contributed by atoms with E-state index in [2.05, 4.69) is 5.32 Å². The molecule has 3 aromatic rings. The molecule has 0 spiro atoms. The van der Waals surface area contributed by atoms with Crippen LogP contribution in [0.5, 0.6) is 0 Å². The lowest BCUT2D eigenvalue weighted by Gasteiger charge is -2.33. The molecule has 208 valence electrons. The molecule has 0 aliphatic carbocycles. The van der Waals surface area contributed by atoms with Crippen LogP contribution in [-0.4, -0.2) is 50.8 Å². The van der Waals surface area contributed by atoms with Crippen LogP contribution in [0.15, 0.2) is 89.8 Å². The van der Waals surface area contributed by atoms with E-state index in [0.717, 1.165) is 17.5 Å². The quantitative estimate of drug-likeness (QED) is 0.312. The summed E-state index contributed by atoms with van der Waals surface area (Å²) in [6, 6.07) is 24.4. The number of nitrogens with zero attached hydrogens (tertiary/aromatic N) is 2. The van der Waals surface area contributed by atoms with Crippen molar-refractivity contribution in [1.82, 2.24) is 10.2 Å². The number of hydrogen-bond acceptors (Lipinski definition) is 4. The minimum Gasteiger partial charge on any atom is -0.354 e. The van der Waals surface area contributed by atoms with Crippen LogP contribution in [0.4, 0.5) is 5.69 Å². The number of carbonyl (C=O) groups excluding carboxylic acids is 2. The van der Waals surface area contributed by atoms with Crippen molar-refractivity contribution in [1.29, 1.82) is 0 Å². The molecule has 2 amide bonds. The van der Waals surface area contributed by atoms with E-state index < -0.39 is 28.5 Å². The third-order valence-corrected chi connectivity index (χ3v) is 8.44. The van der Waals surface area contributed by atoms with Gasteiger partial charge in [0.25, 0.3) is 10.0 Å². The molecule has 0 unspecified atom stereocenters. The zero-order valence-electron chi connectivity index (χ0n) is 23.0. The summed E-state index contributed by atoms with van der Waals surface area (Å²) in [4.78, 5) is 28.8. The molecule has 0 fully saturated rings. The highest BCUT2D eigenvalue weighted by Crippen LogP contribution is 2.28. The monoisotopic (exact) mass is 549 g/mol. The largest absolute Gasteiger partial charge is 0.354 e. The van der Waals surface area contributed by atoms with E-state index in [1.165, 1.54) is 16.4 Å². The van der Waals surface area contributed by atoms with Gasteiger partial charge in [-0.25, -0.2) is 8.42 Å². The van der Waals surface area contributed by atoms with E-state index in [9.17, 15) is 18.0 Å². The van der Waals surface area contributed by atoms with Gasteiger partial charge in [-0.1, -0.05) is 87.5 Å². The van der Waals surface area contributed by atoms with Crippen molar-refractivity contribution in [2.45, 2.75) is 57.4 Å². The van der Waals surface area contributed by atoms with Gasteiger partial charge in [0.05, 0.1) is 10.6 Å². The molecule has 0 aliphatic heterocycles. The lowest BCUT2D eigenvalue weighted by Crippen LogP contribution is -2.53. The molecule has 0 saturated carbocycles. The van der Waals surface area contributed by atoms with E-state index >= 15 is 0 Å². The number of benzene rings is 3. The average molecular weight is 550 g/mol. The molecule has 1 atom stereocenters. The maximum Gasteiger partial charge on any atom is 0.264 e. The summed E-state index contributed by atoms with van der Waals surface area (Å²) in [6.45, 7) is 6.16. The number of amides is 2. The van der Waals surface area contributed by atoms with Gasteiger partial charge in [0.1, 0.15) is 12.6 Å². The molecule has 3 aromatic carbocycles. The normalized spacial score (nSPS) is 12.0. The Labute approximate surface area is 232 Å². The Morgan fingerprint density at radius 1 is 0.846 bits per heavy atom. The second-order valence-corrected chi connectivity index (χ2v) is 11.2. The number of hydrogen-bond donors (Lipinski definition) is 1. The lowest BCUT2D eigenvalue weighted by molar-refractivity contribution is -0.139. The minimum atomic E-state index is -4.06. The van der Waals surface area contributed by atoms with Crippen LogP contribution in [0.3, 0.4) is 0 Å². The van der Waals surface area contributed by atoms with Gasteiger partial charge < -0.3 is 10.2 Å². The Morgan fingerprint density at radius 3 is 2.08 bits per heavy atom. The number of rotatable bonds is 14. The van der Waals surface area contributed by atoms with Crippen molar-refractivity contribution in [3.05, 3.63) is 96.1 Å². The number of anilines is 1. The molecule has 0 heterocycles. The van der Waals surface area contributed by atoms with Gasteiger partial charge >= 0.3 is 0 Å². The molecule has 0 bridgehead atoms. The first-order valence-electron chi connectivity index (χ1n) is 13.6. The highest BCUT2D eigenvalue weighted by atomic mass is 32.2. The predicted molar refractivity (Wildman–Crippen MR) is 156 cm³/mol. The number of sulfonamides is 1. The molecule has 39 heavy (non-hydrogen) atoms. The molecule has 8 heteroatoms. The van der Waals surface area contributed by atoms with Crippen LogP contribution in [0.1, 0.15) is 44.7 Å². The van der Waals surface area contributed by atoms with E-state index in [0.29, 0.717) is 31.5 Å². The molecule has 3 rings (SSSR count). The summed E-state index contributed by atoms with van der Waals surface area (Å²) < 4.78 is 29.0. The van der Waals surface area contributed by atoms with E-state index in [1.807, 2.05) is 63.2 Å². The summed E-state index contributed by atoms with van der Waals surface area (Å²) in [5.74, 6) is -0.651. The van der Waals surface area contributed by atoms with Crippen molar-refractivity contribution < 1.29 is 18.0 Å². The zero-order valence-corrected chi connectivity index (χ0v) is 23.9. The molecular weight excluding hydrogens is 510 g/mol. The van der Waals surface area contributed by atoms with Crippen LogP contribution >= 0.6 is 0 Å².